The van der Waals surface area contributed by atoms with E-state index >= 15 is 0 Å². The Morgan fingerprint density at radius 2 is 2.00 bits per heavy atom. The van der Waals surface area contributed by atoms with Crippen LogP contribution in [0.1, 0.15) is 39.2 Å². The smallest absolute Gasteiger partial charge is 0.410 e. The van der Waals surface area contributed by atoms with E-state index in [4.69, 9.17) is 21.1 Å². The molecule has 2 atom stereocenters. The first-order chi connectivity index (χ1) is 13.0. The molecule has 0 spiro atoms. The molecule has 3 rings (SSSR count). The number of amides is 1. The van der Waals surface area contributed by atoms with Crippen LogP contribution >= 0.6 is 27.5 Å². The minimum atomic E-state index is -0.890. The van der Waals surface area contributed by atoms with Gasteiger partial charge in [0.1, 0.15) is 17.1 Å². The van der Waals surface area contributed by atoms with Crippen molar-refractivity contribution in [3.63, 3.8) is 0 Å². The number of aryl methyl sites for hydroxylation is 1. The van der Waals surface area contributed by atoms with Gasteiger partial charge in [0.05, 0.1) is 10.4 Å². The zero-order chi connectivity index (χ0) is 20.6. The van der Waals surface area contributed by atoms with Crippen LogP contribution in [0.2, 0.25) is 5.02 Å². The highest BCUT2D eigenvalue weighted by atomic mass is 79.9. The molecule has 0 radical (unpaired) electrons. The maximum Gasteiger partial charge on any atom is 0.410 e. The van der Waals surface area contributed by atoms with E-state index in [-0.39, 0.29) is 31.1 Å². The van der Waals surface area contributed by atoms with E-state index in [0.29, 0.717) is 28.1 Å². The van der Waals surface area contributed by atoms with E-state index in [1.165, 1.54) is 4.90 Å². The SMILES string of the molecule is CC(C)(C)OC(=O)N1CCC(=O)C(C(=O)C2CCc3cc(Cl)cc(Br)c3O2)C1. The number of nitrogens with zero attached hydrogens (tertiary/aromatic N) is 1. The van der Waals surface area contributed by atoms with E-state index < -0.39 is 23.7 Å². The number of piperidine rings is 1. The van der Waals surface area contributed by atoms with Gasteiger partial charge in [-0.1, -0.05) is 11.6 Å². The molecule has 2 unspecified atom stereocenters. The van der Waals surface area contributed by atoms with Gasteiger partial charge in [0.15, 0.2) is 11.9 Å². The minimum absolute atomic E-state index is 0.0289. The molecular formula is C20H23BrClNO5. The summed E-state index contributed by atoms with van der Waals surface area (Å²) < 4.78 is 12.0. The molecule has 0 N–H and O–H groups in total. The van der Waals surface area contributed by atoms with E-state index in [2.05, 4.69) is 15.9 Å². The lowest BCUT2D eigenvalue weighted by molar-refractivity contribution is -0.140. The van der Waals surface area contributed by atoms with Gasteiger partial charge >= 0.3 is 6.09 Å². The molecule has 0 saturated carbocycles. The maximum atomic E-state index is 13.0. The van der Waals surface area contributed by atoms with Crippen molar-refractivity contribution in [2.45, 2.75) is 51.7 Å². The third-order valence-corrected chi connectivity index (χ3v) is 5.56. The summed E-state index contributed by atoms with van der Waals surface area (Å²) in [4.78, 5) is 39.2. The van der Waals surface area contributed by atoms with Crippen LogP contribution in [0, 0.1) is 5.92 Å². The molecule has 0 bridgehead atoms. The fraction of sp³-hybridized carbons (Fsp3) is 0.550. The molecule has 8 heteroatoms. The Bertz CT molecular complexity index is 820. The van der Waals surface area contributed by atoms with Gasteiger partial charge in [-0.05, 0) is 67.2 Å². The van der Waals surface area contributed by atoms with Crippen molar-refractivity contribution in [1.82, 2.24) is 4.90 Å². The molecule has 1 fully saturated rings. The number of hydrogen-bond donors (Lipinski definition) is 0. The summed E-state index contributed by atoms with van der Waals surface area (Å²) in [6.45, 7) is 5.62. The Labute approximate surface area is 177 Å². The Kier molecular flexibility index (Phi) is 6.05. The molecule has 1 aromatic rings. The van der Waals surface area contributed by atoms with Gasteiger partial charge < -0.3 is 14.4 Å². The van der Waals surface area contributed by atoms with Crippen LogP contribution in [0.15, 0.2) is 16.6 Å². The van der Waals surface area contributed by atoms with Crippen molar-refractivity contribution < 1.29 is 23.9 Å². The van der Waals surface area contributed by atoms with Crippen LogP contribution in [0.5, 0.6) is 5.75 Å². The Balaban J connectivity index is 1.72. The van der Waals surface area contributed by atoms with Crippen LogP contribution in [-0.2, 0) is 20.7 Å². The van der Waals surface area contributed by atoms with Gasteiger partial charge in [0, 0.05) is 24.5 Å². The van der Waals surface area contributed by atoms with Crippen molar-refractivity contribution in [2.75, 3.05) is 13.1 Å². The fourth-order valence-electron chi connectivity index (χ4n) is 3.42. The molecule has 0 aliphatic carbocycles. The molecule has 0 aromatic heterocycles. The quantitative estimate of drug-likeness (QED) is 0.604. The van der Waals surface area contributed by atoms with E-state index in [0.717, 1.165) is 5.56 Å². The average molecular weight is 473 g/mol. The molecule has 152 valence electrons. The zero-order valence-electron chi connectivity index (χ0n) is 16.1. The highest BCUT2D eigenvalue weighted by Crippen LogP contribution is 2.38. The normalized spacial score (nSPS) is 22.3. The van der Waals surface area contributed by atoms with Crippen LogP contribution in [0.4, 0.5) is 4.79 Å². The lowest BCUT2D eigenvalue weighted by Crippen LogP contribution is -2.51. The van der Waals surface area contributed by atoms with E-state index in [1.807, 2.05) is 6.07 Å². The van der Waals surface area contributed by atoms with Crippen molar-refractivity contribution >= 4 is 45.2 Å². The van der Waals surface area contributed by atoms with E-state index in [9.17, 15) is 14.4 Å². The van der Waals surface area contributed by atoms with Gasteiger partial charge in [-0.15, -0.1) is 0 Å². The number of carbonyl (C=O) groups is 3. The third kappa shape index (κ3) is 4.69. The van der Waals surface area contributed by atoms with Crippen molar-refractivity contribution in [3.05, 3.63) is 27.2 Å². The van der Waals surface area contributed by atoms with Crippen LogP contribution in [-0.4, -0.2) is 47.4 Å². The summed E-state index contributed by atoms with van der Waals surface area (Å²) in [6, 6.07) is 3.53. The second kappa shape index (κ2) is 8.03. The predicted octanol–water partition coefficient (Wildman–Crippen LogP) is 4.19. The lowest BCUT2D eigenvalue weighted by atomic mass is 9.87. The third-order valence-electron chi connectivity index (χ3n) is 4.75. The zero-order valence-corrected chi connectivity index (χ0v) is 18.4. The van der Waals surface area contributed by atoms with Crippen LogP contribution in [0.25, 0.3) is 0 Å². The fourth-order valence-corrected chi connectivity index (χ4v) is 4.38. The monoisotopic (exact) mass is 471 g/mol. The number of hydrogen-bond acceptors (Lipinski definition) is 5. The minimum Gasteiger partial charge on any atom is -0.481 e. The predicted molar refractivity (Wildman–Crippen MR) is 108 cm³/mol. The number of carbonyl (C=O) groups excluding carboxylic acids is 3. The van der Waals surface area contributed by atoms with Gasteiger partial charge in [-0.2, -0.15) is 0 Å². The van der Waals surface area contributed by atoms with Crippen molar-refractivity contribution in [2.24, 2.45) is 5.92 Å². The van der Waals surface area contributed by atoms with Gasteiger partial charge in [-0.3, -0.25) is 9.59 Å². The number of benzene rings is 1. The number of Topliss-reactive ketones (excluding diaryl/α,β-unsaturated/α-hetero) is 2. The molecule has 1 saturated heterocycles. The number of ketones is 2. The number of halogens is 2. The Morgan fingerprint density at radius 1 is 1.29 bits per heavy atom. The van der Waals surface area contributed by atoms with Crippen molar-refractivity contribution in [1.29, 1.82) is 0 Å². The number of rotatable bonds is 2. The van der Waals surface area contributed by atoms with Gasteiger partial charge in [0.2, 0.25) is 0 Å². The second-order valence-corrected chi connectivity index (χ2v) is 9.41. The number of likely N-dealkylation sites (tertiary alicyclic amines) is 1. The molecule has 1 amide bonds. The molecule has 2 aliphatic rings. The topological polar surface area (TPSA) is 72.9 Å². The molecular weight excluding hydrogens is 450 g/mol. The molecule has 6 nitrogen and oxygen atoms in total. The van der Waals surface area contributed by atoms with E-state index in [1.54, 1.807) is 26.8 Å². The lowest BCUT2D eigenvalue weighted by Gasteiger charge is -2.35. The van der Waals surface area contributed by atoms with Crippen LogP contribution < -0.4 is 4.74 Å². The number of ether oxygens (including phenoxy) is 2. The maximum absolute atomic E-state index is 13.0. The first-order valence-electron chi connectivity index (χ1n) is 9.24. The summed E-state index contributed by atoms with van der Waals surface area (Å²) in [5, 5.41) is 0.592. The Hall–Kier alpha value is -1.60. The highest BCUT2D eigenvalue weighted by Gasteiger charge is 2.41. The summed E-state index contributed by atoms with van der Waals surface area (Å²) >= 11 is 9.48. The Morgan fingerprint density at radius 3 is 2.68 bits per heavy atom. The van der Waals surface area contributed by atoms with Gasteiger partial charge in [-0.25, -0.2) is 4.79 Å². The highest BCUT2D eigenvalue weighted by molar-refractivity contribution is 9.10. The second-order valence-electron chi connectivity index (χ2n) is 8.12. The van der Waals surface area contributed by atoms with Crippen LogP contribution in [0.3, 0.4) is 0 Å². The average Bonchev–Trinajstić information content (AvgIpc) is 2.59. The molecule has 2 heterocycles. The molecule has 2 aliphatic heterocycles. The summed E-state index contributed by atoms with van der Waals surface area (Å²) in [5.74, 6) is -0.750. The van der Waals surface area contributed by atoms with Gasteiger partial charge in [0.25, 0.3) is 0 Å². The standard InChI is InChI=1S/C20H23BrClNO5/c1-20(2,3)28-19(26)23-7-6-15(24)13(10-23)17(25)16-5-4-11-8-12(22)9-14(21)18(11)27-16/h8-9,13,16H,4-7,10H2,1-3H3. The largest absolute Gasteiger partial charge is 0.481 e. The molecule has 28 heavy (non-hydrogen) atoms. The summed E-state index contributed by atoms with van der Waals surface area (Å²) in [7, 11) is 0. The summed E-state index contributed by atoms with van der Waals surface area (Å²) in [6.07, 6.45) is -0.00286. The molecule has 1 aromatic carbocycles. The van der Waals surface area contributed by atoms with Crippen molar-refractivity contribution in [3.8, 4) is 5.75 Å². The summed E-state index contributed by atoms with van der Waals surface area (Å²) in [5.41, 5.74) is 0.288. The first kappa shape index (κ1) is 21.1. The first-order valence-corrected chi connectivity index (χ1v) is 10.4. The number of fused-ring (bicyclic) bond motifs is 1.